The molecule has 2 aromatic rings. The lowest BCUT2D eigenvalue weighted by Gasteiger charge is -2.14. The Hall–Kier alpha value is -2.10. The molecule has 29 heavy (non-hydrogen) atoms. The second kappa shape index (κ2) is 9.15. The zero-order chi connectivity index (χ0) is 21.8. The van der Waals surface area contributed by atoms with E-state index in [1.54, 1.807) is 0 Å². The fourth-order valence-corrected chi connectivity index (χ4v) is 4.55. The molecule has 0 radical (unpaired) electrons. The zero-order valence-electron chi connectivity index (χ0n) is 16.3. The lowest BCUT2D eigenvalue weighted by atomic mass is 10.1. The minimum Gasteiger partial charge on any atom is -0.350 e. The summed E-state index contributed by atoms with van der Waals surface area (Å²) in [6, 6.07) is 9.10. The molecule has 10 heteroatoms. The molecule has 0 saturated heterocycles. The first-order valence-corrected chi connectivity index (χ1v) is 12.6. The number of hydrogen-bond donors (Lipinski definition) is 2. The van der Waals surface area contributed by atoms with Gasteiger partial charge < -0.3 is 5.32 Å². The van der Waals surface area contributed by atoms with E-state index >= 15 is 0 Å². The Morgan fingerprint density at radius 2 is 1.62 bits per heavy atom. The fourth-order valence-electron chi connectivity index (χ4n) is 2.64. The Kier molecular flexibility index (Phi) is 7.31. The number of anilines is 1. The molecule has 0 aliphatic rings. The smallest absolute Gasteiger partial charge is 0.261 e. The minimum atomic E-state index is -4.01. The molecular formula is C19H23ClN2O5S2. The second-order valence-corrected chi connectivity index (χ2v) is 10.8. The number of amides is 1. The number of nitrogens with one attached hydrogen (secondary N) is 2. The van der Waals surface area contributed by atoms with Gasteiger partial charge in [-0.3, -0.25) is 9.52 Å². The summed E-state index contributed by atoms with van der Waals surface area (Å²) in [5.74, 6) is -0.453. The van der Waals surface area contributed by atoms with Crippen molar-refractivity contribution < 1.29 is 21.6 Å². The SMILES string of the molecule is CCCC(C)NC(=O)c1cc(S(=O)(=O)Nc2ccc(S(C)(=O)=O)cc2)ccc1Cl. The molecule has 0 aliphatic heterocycles. The lowest BCUT2D eigenvalue weighted by Crippen LogP contribution is -2.32. The number of halogens is 1. The average molecular weight is 459 g/mol. The predicted molar refractivity (Wildman–Crippen MR) is 114 cm³/mol. The van der Waals surface area contributed by atoms with Crippen LogP contribution in [0.1, 0.15) is 37.0 Å². The molecule has 0 saturated carbocycles. The lowest BCUT2D eigenvalue weighted by molar-refractivity contribution is 0.0938. The first-order chi connectivity index (χ1) is 13.4. The molecule has 1 unspecified atom stereocenters. The van der Waals surface area contributed by atoms with E-state index in [-0.39, 0.29) is 32.1 Å². The Morgan fingerprint density at radius 1 is 1.03 bits per heavy atom. The summed E-state index contributed by atoms with van der Waals surface area (Å²) in [6.07, 6.45) is 2.74. The maximum absolute atomic E-state index is 12.7. The van der Waals surface area contributed by atoms with E-state index in [2.05, 4.69) is 10.0 Å². The summed E-state index contributed by atoms with van der Waals surface area (Å²) in [7, 11) is -7.40. The van der Waals surface area contributed by atoms with Crippen LogP contribution in [0.3, 0.4) is 0 Å². The van der Waals surface area contributed by atoms with Crippen LogP contribution >= 0.6 is 11.6 Å². The van der Waals surface area contributed by atoms with E-state index in [9.17, 15) is 21.6 Å². The molecule has 0 aliphatic carbocycles. The molecule has 158 valence electrons. The first kappa shape index (κ1) is 23.2. The number of sulfone groups is 1. The summed E-state index contributed by atoms with van der Waals surface area (Å²) in [4.78, 5) is 12.4. The molecule has 1 amide bonds. The molecule has 0 fully saturated rings. The van der Waals surface area contributed by atoms with Crippen molar-refractivity contribution in [3.05, 3.63) is 53.1 Å². The van der Waals surface area contributed by atoms with Gasteiger partial charge in [-0.05, 0) is 55.8 Å². The highest BCUT2D eigenvalue weighted by Gasteiger charge is 2.20. The molecule has 0 spiro atoms. The van der Waals surface area contributed by atoms with E-state index in [4.69, 9.17) is 11.6 Å². The maximum atomic E-state index is 12.7. The molecule has 0 heterocycles. The molecule has 0 bridgehead atoms. The van der Waals surface area contributed by atoms with Crippen molar-refractivity contribution >= 4 is 43.1 Å². The van der Waals surface area contributed by atoms with Crippen molar-refractivity contribution in [2.75, 3.05) is 11.0 Å². The normalized spacial score (nSPS) is 13.0. The van der Waals surface area contributed by atoms with Crippen molar-refractivity contribution in [2.24, 2.45) is 0 Å². The zero-order valence-corrected chi connectivity index (χ0v) is 18.7. The van der Waals surface area contributed by atoms with Crippen LogP contribution in [0, 0.1) is 0 Å². The number of carbonyl (C=O) groups is 1. The summed E-state index contributed by atoms with van der Waals surface area (Å²) >= 11 is 6.09. The largest absolute Gasteiger partial charge is 0.350 e. The van der Waals surface area contributed by atoms with Gasteiger partial charge in [0.2, 0.25) is 0 Å². The van der Waals surface area contributed by atoms with Crippen LogP contribution in [0.25, 0.3) is 0 Å². The van der Waals surface area contributed by atoms with Gasteiger partial charge in [-0.1, -0.05) is 24.9 Å². The van der Waals surface area contributed by atoms with E-state index in [0.29, 0.717) is 0 Å². The highest BCUT2D eigenvalue weighted by molar-refractivity contribution is 7.92. The van der Waals surface area contributed by atoms with Gasteiger partial charge in [0.05, 0.1) is 20.4 Å². The summed E-state index contributed by atoms with van der Waals surface area (Å²) in [5, 5.41) is 2.93. The van der Waals surface area contributed by atoms with Gasteiger partial charge in [0, 0.05) is 18.0 Å². The van der Waals surface area contributed by atoms with Crippen molar-refractivity contribution in [1.82, 2.24) is 5.32 Å². The van der Waals surface area contributed by atoms with Crippen LogP contribution in [0.15, 0.2) is 52.3 Å². The van der Waals surface area contributed by atoms with Crippen LogP contribution < -0.4 is 10.0 Å². The highest BCUT2D eigenvalue weighted by atomic mass is 35.5. The second-order valence-electron chi connectivity index (χ2n) is 6.71. The summed E-state index contributed by atoms with van der Waals surface area (Å²) < 4.78 is 50.8. The Morgan fingerprint density at radius 3 is 2.17 bits per heavy atom. The van der Waals surface area contributed by atoms with Crippen LogP contribution in [0.4, 0.5) is 5.69 Å². The van der Waals surface area contributed by atoms with Gasteiger partial charge in [-0.2, -0.15) is 0 Å². The number of hydrogen-bond acceptors (Lipinski definition) is 5. The van der Waals surface area contributed by atoms with Crippen molar-refractivity contribution in [1.29, 1.82) is 0 Å². The Bertz CT molecular complexity index is 1100. The van der Waals surface area contributed by atoms with Gasteiger partial charge >= 0.3 is 0 Å². The van der Waals surface area contributed by atoms with Gasteiger partial charge in [0.25, 0.3) is 15.9 Å². The quantitative estimate of drug-likeness (QED) is 0.629. The van der Waals surface area contributed by atoms with Crippen LogP contribution in [0.2, 0.25) is 5.02 Å². The predicted octanol–water partition coefficient (Wildman–Crippen LogP) is 3.46. The topological polar surface area (TPSA) is 109 Å². The van der Waals surface area contributed by atoms with Gasteiger partial charge in [-0.25, -0.2) is 16.8 Å². The summed E-state index contributed by atoms with van der Waals surface area (Å²) in [5.41, 5.74) is 0.250. The molecular weight excluding hydrogens is 436 g/mol. The Balaban J connectivity index is 2.27. The van der Waals surface area contributed by atoms with Crippen molar-refractivity contribution in [2.45, 2.75) is 42.5 Å². The first-order valence-electron chi connectivity index (χ1n) is 8.87. The maximum Gasteiger partial charge on any atom is 0.261 e. The molecule has 0 aromatic heterocycles. The molecule has 2 aromatic carbocycles. The van der Waals surface area contributed by atoms with E-state index in [1.807, 2.05) is 13.8 Å². The fraction of sp³-hybridized carbons (Fsp3) is 0.316. The van der Waals surface area contributed by atoms with Crippen molar-refractivity contribution in [3.63, 3.8) is 0 Å². The summed E-state index contributed by atoms with van der Waals surface area (Å²) in [6.45, 7) is 3.86. The highest BCUT2D eigenvalue weighted by Crippen LogP contribution is 2.23. The van der Waals surface area contributed by atoms with Crippen molar-refractivity contribution in [3.8, 4) is 0 Å². The minimum absolute atomic E-state index is 0.0601. The average Bonchev–Trinajstić information content (AvgIpc) is 2.61. The monoisotopic (exact) mass is 458 g/mol. The number of carbonyl (C=O) groups excluding carboxylic acids is 1. The number of rotatable bonds is 8. The van der Waals surface area contributed by atoms with Gasteiger partial charge in [0.15, 0.2) is 9.84 Å². The third kappa shape index (κ3) is 6.19. The van der Waals surface area contributed by atoms with E-state index in [1.165, 1.54) is 42.5 Å². The van der Waals surface area contributed by atoms with Gasteiger partial charge in [-0.15, -0.1) is 0 Å². The third-order valence-corrected chi connectivity index (χ3v) is 6.96. The third-order valence-electron chi connectivity index (χ3n) is 4.13. The molecule has 2 N–H and O–H groups in total. The molecule has 1 atom stereocenters. The molecule has 7 nitrogen and oxygen atoms in total. The number of benzene rings is 2. The van der Waals surface area contributed by atoms with Crippen LogP contribution in [-0.4, -0.2) is 35.0 Å². The van der Waals surface area contributed by atoms with Crippen LogP contribution in [-0.2, 0) is 19.9 Å². The standard InChI is InChI=1S/C19H23ClN2O5S2/c1-4-5-13(2)21-19(23)17-12-16(10-11-18(17)20)29(26,27)22-14-6-8-15(9-7-14)28(3,24)25/h6-13,22H,4-5H2,1-3H3,(H,21,23). The number of sulfonamides is 1. The van der Waals surface area contributed by atoms with Gasteiger partial charge in [0.1, 0.15) is 0 Å². The van der Waals surface area contributed by atoms with E-state index in [0.717, 1.165) is 19.1 Å². The van der Waals surface area contributed by atoms with Crippen LogP contribution in [0.5, 0.6) is 0 Å². The van der Waals surface area contributed by atoms with E-state index < -0.39 is 25.8 Å². The Labute approximate surface area is 176 Å². The molecule has 2 rings (SSSR count).